The molecule has 0 fully saturated rings. The highest BCUT2D eigenvalue weighted by Gasteiger charge is 2.01. The molecule has 1 amide bonds. The first kappa shape index (κ1) is 10.5. The average Bonchev–Trinajstić information content (AvgIpc) is 2.15. The van der Waals surface area contributed by atoms with E-state index < -0.39 is 12.0 Å². The third-order valence-corrected chi connectivity index (χ3v) is 1.74. The molecule has 1 aromatic rings. The molecule has 1 rings (SSSR count). The molecule has 0 aliphatic carbocycles. The first-order valence-corrected chi connectivity index (χ1v) is 4.28. The zero-order valence-corrected chi connectivity index (χ0v) is 7.93. The van der Waals surface area contributed by atoms with Crippen molar-refractivity contribution < 1.29 is 14.6 Å². The molecule has 0 unspecified atom stereocenters. The summed E-state index contributed by atoms with van der Waals surface area (Å²) in [6.45, 7) is 1.55. The molecule has 0 saturated carbocycles. The molecule has 0 heterocycles. The molecule has 0 aliphatic rings. The molecule has 1 atom stereocenters. The van der Waals surface area contributed by atoms with Gasteiger partial charge in [0.15, 0.2) is 6.61 Å². The quantitative estimate of drug-likeness (QED) is 0.739. The van der Waals surface area contributed by atoms with Gasteiger partial charge in [-0.1, -0.05) is 12.1 Å². The fourth-order valence-corrected chi connectivity index (χ4v) is 0.997. The van der Waals surface area contributed by atoms with E-state index in [4.69, 9.17) is 10.5 Å². The SMILES string of the molecule is C[C@@H](O)c1ccc(OCC(N)=O)cc1. The van der Waals surface area contributed by atoms with Crippen LogP contribution in [0.5, 0.6) is 5.75 Å². The van der Waals surface area contributed by atoms with Crippen LogP contribution in [0.3, 0.4) is 0 Å². The van der Waals surface area contributed by atoms with Crippen LogP contribution in [0.2, 0.25) is 0 Å². The number of benzene rings is 1. The molecular formula is C10H13NO3. The van der Waals surface area contributed by atoms with Crippen LogP contribution in [0.25, 0.3) is 0 Å². The number of nitrogens with two attached hydrogens (primary N) is 1. The standard InChI is InChI=1S/C10H13NO3/c1-7(12)8-2-4-9(5-3-8)14-6-10(11)13/h2-5,7,12H,6H2,1H3,(H2,11,13)/t7-/m1/s1. The predicted octanol–water partition coefficient (Wildman–Crippen LogP) is 0.604. The highest BCUT2D eigenvalue weighted by Crippen LogP contribution is 2.16. The number of aliphatic hydroxyl groups excluding tert-OH is 1. The first-order valence-electron chi connectivity index (χ1n) is 4.28. The highest BCUT2D eigenvalue weighted by molar-refractivity contribution is 5.75. The summed E-state index contributed by atoms with van der Waals surface area (Å²) in [6, 6.07) is 6.85. The second kappa shape index (κ2) is 4.62. The van der Waals surface area contributed by atoms with E-state index in [1.54, 1.807) is 31.2 Å². The van der Waals surface area contributed by atoms with E-state index in [-0.39, 0.29) is 6.61 Å². The molecule has 4 heteroatoms. The van der Waals surface area contributed by atoms with Gasteiger partial charge in [-0.2, -0.15) is 0 Å². The molecule has 0 spiro atoms. The Morgan fingerprint density at radius 3 is 2.50 bits per heavy atom. The Kier molecular flexibility index (Phi) is 3.48. The summed E-state index contributed by atoms with van der Waals surface area (Å²) in [6.07, 6.45) is -0.500. The maximum Gasteiger partial charge on any atom is 0.255 e. The second-order valence-corrected chi connectivity index (χ2v) is 3.00. The van der Waals surface area contributed by atoms with Crippen molar-refractivity contribution in [2.24, 2.45) is 5.73 Å². The fraction of sp³-hybridized carbons (Fsp3) is 0.300. The number of amides is 1. The summed E-state index contributed by atoms with van der Waals surface area (Å²) in [7, 11) is 0. The molecular weight excluding hydrogens is 182 g/mol. The van der Waals surface area contributed by atoms with Crippen molar-refractivity contribution in [1.29, 1.82) is 0 Å². The van der Waals surface area contributed by atoms with Crippen molar-refractivity contribution in [3.8, 4) is 5.75 Å². The van der Waals surface area contributed by atoms with Crippen LogP contribution in [-0.2, 0) is 4.79 Å². The van der Waals surface area contributed by atoms with Gasteiger partial charge in [-0.05, 0) is 24.6 Å². The largest absolute Gasteiger partial charge is 0.484 e. The molecule has 14 heavy (non-hydrogen) atoms. The molecule has 0 aromatic heterocycles. The van der Waals surface area contributed by atoms with Crippen LogP contribution < -0.4 is 10.5 Å². The fourth-order valence-electron chi connectivity index (χ4n) is 0.997. The lowest BCUT2D eigenvalue weighted by Gasteiger charge is -2.06. The van der Waals surface area contributed by atoms with Gasteiger partial charge in [0.1, 0.15) is 5.75 Å². The van der Waals surface area contributed by atoms with Gasteiger partial charge in [-0.15, -0.1) is 0 Å². The third-order valence-electron chi connectivity index (χ3n) is 1.74. The van der Waals surface area contributed by atoms with Gasteiger partial charge in [0.25, 0.3) is 5.91 Å². The van der Waals surface area contributed by atoms with E-state index in [1.165, 1.54) is 0 Å². The monoisotopic (exact) mass is 195 g/mol. The average molecular weight is 195 g/mol. The first-order chi connectivity index (χ1) is 6.59. The highest BCUT2D eigenvalue weighted by atomic mass is 16.5. The molecule has 0 radical (unpaired) electrons. The lowest BCUT2D eigenvalue weighted by Crippen LogP contribution is -2.19. The van der Waals surface area contributed by atoms with Gasteiger partial charge in [-0.25, -0.2) is 0 Å². The number of primary amides is 1. The molecule has 0 bridgehead atoms. The second-order valence-electron chi connectivity index (χ2n) is 3.00. The summed E-state index contributed by atoms with van der Waals surface area (Å²) < 4.78 is 5.05. The number of aliphatic hydroxyl groups is 1. The smallest absolute Gasteiger partial charge is 0.255 e. The van der Waals surface area contributed by atoms with Gasteiger partial charge < -0.3 is 15.6 Å². The lowest BCUT2D eigenvalue weighted by atomic mass is 10.1. The molecule has 3 N–H and O–H groups in total. The zero-order valence-electron chi connectivity index (χ0n) is 7.93. The Hall–Kier alpha value is -1.55. The number of ether oxygens (including phenoxy) is 1. The van der Waals surface area contributed by atoms with Crippen molar-refractivity contribution >= 4 is 5.91 Å². The molecule has 1 aromatic carbocycles. The minimum Gasteiger partial charge on any atom is -0.484 e. The van der Waals surface area contributed by atoms with Crippen molar-refractivity contribution in [3.63, 3.8) is 0 Å². The maximum absolute atomic E-state index is 10.4. The van der Waals surface area contributed by atoms with Gasteiger partial charge in [0.2, 0.25) is 0 Å². The summed E-state index contributed by atoms with van der Waals surface area (Å²) in [5, 5.41) is 9.22. The van der Waals surface area contributed by atoms with Crippen molar-refractivity contribution in [2.75, 3.05) is 6.61 Å². The Morgan fingerprint density at radius 1 is 1.50 bits per heavy atom. The zero-order chi connectivity index (χ0) is 10.6. The normalized spacial score (nSPS) is 12.1. The Labute approximate surface area is 82.3 Å². The molecule has 4 nitrogen and oxygen atoms in total. The number of rotatable bonds is 4. The van der Waals surface area contributed by atoms with Gasteiger partial charge in [-0.3, -0.25) is 4.79 Å². The topological polar surface area (TPSA) is 72.6 Å². The van der Waals surface area contributed by atoms with Crippen molar-refractivity contribution in [2.45, 2.75) is 13.0 Å². The predicted molar refractivity (Wildman–Crippen MR) is 51.8 cm³/mol. The van der Waals surface area contributed by atoms with Gasteiger partial charge in [0, 0.05) is 0 Å². The van der Waals surface area contributed by atoms with E-state index in [1.807, 2.05) is 0 Å². The van der Waals surface area contributed by atoms with Crippen molar-refractivity contribution in [3.05, 3.63) is 29.8 Å². The van der Waals surface area contributed by atoms with E-state index >= 15 is 0 Å². The van der Waals surface area contributed by atoms with Crippen LogP contribution in [-0.4, -0.2) is 17.6 Å². The van der Waals surface area contributed by atoms with Crippen LogP contribution >= 0.6 is 0 Å². The van der Waals surface area contributed by atoms with E-state index in [0.29, 0.717) is 5.75 Å². The number of carbonyl (C=O) groups excluding carboxylic acids is 1. The van der Waals surface area contributed by atoms with Gasteiger partial charge in [0.05, 0.1) is 6.10 Å². The Morgan fingerprint density at radius 2 is 2.07 bits per heavy atom. The van der Waals surface area contributed by atoms with E-state index in [0.717, 1.165) is 5.56 Å². The summed E-state index contributed by atoms with van der Waals surface area (Å²) in [5.41, 5.74) is 5.72. The molecule has 76 valence electrons. The van der Waals surface area contributed by atoms with Crippen LogP contribution in [0.15, 0.2) is 24.3 Å². The van der Waals surface area contributed by atoms with Crippen LogP contribution in [0, 0.1) is 0 Å². The summed E-state index contributed by atoms with van der Waals surface area (Å²) in [5.74, 6) is 0.0535. The lowest BCUT2D eigenvalue weighted by molar-refractivity contribution is -0.119. The molecule has 0 aliphatic heterocycles. The van der Waals surface area contributed by atoms with E-state index in [9.17, 15) is 9.90 Å². The Bertz CT molecular complexity index is 306. The number of carbonyl (C=O) groups is 1. The van der Waals surface area contributed by atoms with Gasteiger partial charge >= 0.3 is 0 Å². The van der Waals surface area contributed by atoms with Crippen molar-refractivity contribution in [1.82, 2.24) is 0 Å². The Balaban J connectivity index is 2.59. The summed E-state index contributed by atoms with van der Waals surface area (Å²) >= 11 is 0. The molecule has 0 saturated heterocycles. The van der Waals surface area contributed by atoms with E-state index in [2.05, 4.69) is 0 Å². The number of hydrogen-bond acceptors (Lipinski definition) is 3. The van der Waals surface area contributed by atoms with Crippen LogP contribution in [0.4, 0.5) is 0 Å². The summed E-state index contributed by atoms with van der Waals surface area (Å²) in [4.78, 5) is 10.4. The minimum atomic E-state index is -0.510. The third kappa shape index (κ3) is 3.06. The van der Waals surface area contributed by atoms with Crippen LogP contribution in [0.1, 0.15) is 18.6 Å². The minimum absolute atomic E-state index is 0.131. The number of hydrogen-bond donors (Lipinski definition) is 2. The maximum atomic E-state index is 10.4.